The Morgan fingerprint density at radius 3 is 2.40 bits per heavy atom. The van der Waals surface area contributed by atoms with Crippen molar-refractivity contribution in [1.29, 1.82) is 0 Å². The number of nitrogens with zero attached hydrogens (tertiary/aromatic N) is 2. The molecule has 3 fully saturated rings. The SMILES string of the molecule is CN(CC1CC1)C1CCN(C2CCCC(F)(F)C2)CC1. The van der Waals surface area contributed by atoms with E-state index in [1.54, 1.807) is 0 Å². The van der Waals surface area contributed by atoms with Gasteiger partial charge in [0, 0.05) is 31.5 Å². The van der Waals surface area contributed by atoms with Gasteiger partial charge in [0.25, 0.3) is 0 Å². The van der Waals surface area contributed by atoms with Crippen LogP contribution in [0.4, 0.5) is 8.78 Å². The summed E-state index contributed by atoms with van der Waals surface area (Å²) in [6.07, 6.45) is 6.98. The predicted molar refractivity (Wildman–Crippen MR) is 77.2 cm³/mol. The van der Waals surface area contributed by atoms with Gasteiger partial charge in [-0.15, -0.1) is 0 Å². The Morgan fingerprint density at radius 2 is 1.80 bits per heavy atom. The van der Waals surface area contributed by atoms with Crippen LogP contribution in [0.25, 0.3) is 0 Å². The zero-order chi connectivity index (χ0) is 14.2. The summed E-state index contributed by atoms with van der Waals surface area (Å²) < 4.78 is 27.1. The quantitative estimate of drug-likeness (QED) is 0.782. The fraction of sp³-hybridized carbons (Fsp3) is 1.00. The van der Waals surface area contributed by atoms with Crippen molar-refractivity contribution in [2.24, 2.45) is 5.92 Å². The highest BCUT2D eigenvalue weighted by atomic mass is 19.3. The van der Waals surface area contributed by atoms with Crippen LogP contribution in [0, 0.1) is 5.92 Å². The fourth-order valence-corrected chi connectivity index (χ4v) is 4.01. The van der Waals surface area contributed by atoms with Crippen LogP contribution in [0.2, 0.25) is 0 Å². The van der Waals surface area contributed by atoms with Crippen molar-refractivity contribution in [3.63, 3.8) is 0 Å². The molecular weight excluding hydrogens is 258 g/mol. The molecule has 0 aromatic rings. The molecule has 116 valence electrons. The molecule has 2 nitrogen and oxygen atoms in total. The molecule has 0 bridgehead atoms. The number of likely N-dealkylation sites (tertiary alicyclic amines) is 1. The monoisotopic (exact) mass is 286 g/mol. The first kappa shape index (κ1) is 14.7. The van der Waals surface area contributed by atoms with Gasteiger partial charge in [0.15, 0.2) is 0 Å². The van der Waals surface area contributed by atoms with Crippen molar-refractivity contribution in [3.8, 4) is 0 Å². The van der Waals surface area contributed by atoms with Crippen LogP contribution < -0.4 is 0 Å². The molecule has 1 heterocycles. The second-order valence-corrected chi connectivity index (χ2v) is 7.26. The van der Waals surface area contributed by atoms with Gasteiger partial charge in [0.2, 0.25) is 5.92 Å². The van der Waals surface area contributed by atoms with Gasteiger partial charge >= 0.3 is 0 Å². The van der Waals surface area contributed by atoms with Crippen LogP contribution in [-0.2, 0) is 0 Å². The summed E-state index contributed by atoms with van der Waals surface area (Å²) in [6.45, 7) is 3.27. The lowest BCUT2D eigenvalue weighted by Gasteiger charge is -2.43. The minimum atomic E-state index is -2.41. The number of halogens is 2. The number of piperidine rings is 1. The van der Waals surface area contributed by atoms with Crippen molar-refractivity contribution < 1.29 is 8.78 Å². The molecule has 1 saturated heterocycles. The molecule has 2 aliphatic carbocycles. The Morgan fingerprint density at radius 1 is 1.10 bits per heavy atom. The highest BCUT2D eigenvalue weighted by Gasteiger charge is 2.39. The highest BCUT2D eigenvalue weighted by molar-refractivity contribution is 4.89. The maximum atomic E-state index is 13.5. The summed E-state index contributed by atoms with van der Waals surface area (Å²) in [7, 11) is 2.24. The molecule has 3 rings (SSSR count). The minimum absolute atomic E-state index is 0.0928. The molecule has 0 amide bonds. The van der Waals surface area contributed by atoms with Crippen LogP contribution in [0.1, 0.15) is 51.4 Å². The normalized spacial score (nSPS) is 32.7. The lowest BCUT2D eigenvalue weighted by molar-refractivity contribution is -0.0682. The molecule has 1 unspecified atom stereocenters. The first-order valence-electron chi connectivity index (χ1n) is 8.36. The van der Waals surface area contributed by atoms with Crippen molar-refractivity contribution >= 4 is 0 Å². The summed E-state index contributed by atoms with van der Waals surface area (Å²) >= 11 is 0. The first-order chi connectivity index (χ1) is 9.53. The molecule has 3 aliphatic rings. The molecule has 20 heavy (non-hydrogen) atoms. The zero-order valence-electron chi connectivity index (χ0n) is 12.7. The highest BCUT2D eigenvalue weighted by Crippen LogP contribution is 2.36. The Labute approximate surface area is 121 Å². The van der Waals surface area contributed by atoms with Gasteiger partial charge in [-0.3, -0.25) is 0 Å². The van der Waals surface area contributed by atoms with E-state index in [1.165, 1.54) is 19.4 Å². The lowest BCUT2D eigenvalue weighted by atomic mass is 9.89. The van der Waals surface area contributed by atoms with Crippen molar-refractivity contribution in [3.05, 3.63) is 0 Å². The van der Waals surface area contributed by atoms with Crippen LogP contribution in [-0.4, -0.2) is 54.5 Å². The van der Waals surface area contributed by atoms with Crippen molar-refractivity contribution in [2.75, 3.05) is 26.7 Å². The van der Waals surface area contributed by atoms with E-state index in [9.17, 15) is 8.78 Å². The standard InChI is InChI=1S/C16H28F2N2/c1-19(12-13-4-5-13)14-6-9-20(10-7-14)15-3-2-8-16(17,18)11-15/h13-15H,2-12H2,1H3. The molecule has 4 heteroatoms. The van der Waals surface area contributed by atoms with Gasteiger partial charge in [-0.25, -0.2) is 8.78 Å². The Balaban J connectivity index is 1.45. The number of hydrogen-bond acceptors (Lipinski definition) is 2. The topological polar surface area (TPSA) is 6.48 Å². The van der Waals surface area contributed by atoms with E-state index in [-0.39, 0.29) is 18.9 Å². The van der Waals surface area contributed by atoms with Crippen molar-refractivity contribution in [1.82, 2.24) is 9.80 Å². The molecule has 1 aliphatic heterocycles. The third-order valence-corrected chi connectivity index (χ3v) is 5.50. The molecule has 0 aromatic carbocycles. The zero-order valence-corrected chi connectivity index (χ0v) is 12.7. The van der Waals surface area contributed by atoms with Gasteiger partial charge in [0.1, 0.15) is 0 Å². The van der Waals surface area contributed by atoms with Crippen LogP contribution >= 0.6 is 0 Å². The molecule has 0 aromatic heterocycles. The second-order valence-electron chi connectivity index (χ2n) is 7.26. The van der Waals surface area contributed by atoms with Gasteiger partial charge in [-0.05, 0) is 64.6 Å². The second kappa shape index (κ2) is 5.88. The van der Waals surface area contributed by atoms with E-state index < -0.39 is 5.92 Å². The van der Waals surface area contributed by atoms with Gasteiger partial charge < -0.3 is 9.80 Å². The van der Waals surface area contributed by atoms with Crippen LogP contribution in [0.3, 0.4) is 0 Å². The fourth-order valence-electron chi connectivity index (χ4n) is 4.01. The summed E-state index contributed by atoms with van der Waals surface area (Å²) in [5.74, 6) is -1.47. The molecule has 2 saturated carbocycles. The molecule has 1 atom stereocenters. The Bertz CT molecular complexity index is 322. The molecule has 0 spiro atoms. The smallest absolute Gasteiger partial charge is 0.249 e. The van der Waals surface area contributed by atoms with Crippen LogP contribution in [0.15, 0.2) is 0 Å². The van der Waals surface area contributed by atoms with E-state index in [4.69, 9.17) is 0 Å². The van der Waals surface area contributed by atoms with Gasteiger partial charge in [0.05, 0.1) is 0 Å². The van der Waals surface area contributed by atoms with Gasteiger partial charge in [-0.1, -0.05) is 0 Å². The summed E-state index contributed by atoms with van der Waals surface area (Å²) in [4.78, 5) is 4.86. The van der Waals surface area contributed by atoms with E-state index in [0.29, 0.717) is 12.5 Å². The van der Waals surface area contributed by atoms with E-state index in [0.717, 1.165) is 38.3 Å². The number of rotatable bonds is 4. The predicted octanol–water partition coefficient (Wildman–Crippen LogP) is 3.37. The first-order valence-corrected chi connectivity index (χ1v) is 8.36. The molecule has 0 radical (unpaired) electrons. The maximum absolute atomic E-state index is 13.5. The largest absolute Gasteiger partial charge is 0.303 e. The van der Waals surface area contributed by atoms with Gasteiger partial charge in [-0.2, -0.15) is 0 Å². The van der Waals surface area contributed by atoms with E-state index in [1.807, 2.05) is 0 Å². The Kier molecular flexibility index (Phi) is 4.32. The van der Waals surface area contributed by atoms with Crippen molar-refractivity contribution in [2.45, 2.75) is 69.4 Å². The third-order valence-electron chi connectivity index (χ3n) is 5.50. The summed E-state index contributed by atoms with van der Waals surface area (Å²) in [6, 6.07) is 0.810. The number of alkyl halides is 2. The third kappa shape index (κ3) is 3.70. The minimum Gasteiger partial charge on any atom is -0.303 e. The lowest BCUT2D eigenvalue weighted by Crippen LogP contribution is -2.49. The maximum Gasteiger partial charge on any atom is 0.249 e. The molecule has 0 N–H and O–H groups in total. The van der Waals surface area contributed by atoms with Crippen LogP contribution in [0.5, 0.6) is 0 Å². The van der Waals surface area contributed by atoms with E-state index in [2.05, 4.69) is 16.8 Å². The Hall–Kier alpha value is -0.220. The summed E-state index contributed by atoms with van der Waals surface area (Å²) in [5, 5.41) is 0. The summed E-state index contributed by atoms with van der Waals surface area (Å²) in [5.41, 5.74) is 0. The number of hydrogen-bond donors (Lipinski definition) is 0. The average molecular weight is 286 g/mol. The molecular formula is C16H28F2N2. The van der Waals surface area contributed by atoms with E-state index >= 15 is 0 Å². The average Bonchev–Trinajstić information content (AvgIpc) is 3.22.